The molecule has 37 heavy (non-hydrogen) atoms. The lowest BCUT2D eigenvalue weighted by atomic mass is 9.81. The largest absolute Gasteiger partial charge is 0.427 e. The smallest absolute Gasteiger partial charge is 0.339 e. The number of dihydropyridines is 1. The third kappa shape index (κ3) is 8.20. The number of carbonyl (C=O) groups is 4. The Balaban J connectivity index is 2.28. The van der Waals surface area contributed by atoms with Gasteiger partial charge in [0.25, 0.3) is 0 Å². The van der Waals surface area contributed by atoms with Gasteiger partial charge in [-0.05, 0) is 67.4 Å². The lowest BCUT2D eigenvalue weighted by molar-refractivity contribution is -0.172. The molecule has 0 saturated carbocycles. The van der Waals surface area contributed by atoms with E-state index in [1.807, 2.05) is 30.3 Å². The second-order valence-electron chi connectivity index (χ2n) is 10.9. The Morgan fingerprint density at radius 2 is 1.11 bits per heavy atom. The Morgan fingerprint density at radius 1 is 0.703 bits per heavy atom. The van der Waals surface area contributed by atoms with Gasteiger partial charge >= 0.3 is 23.9 Å². The molecule has 2 rings (SSSR count). The molecule has 1 N–H and O–H groups in total. The molecule has 0 atom stereocenters. The van der Waals surface area contributed by atoms with Gasteiger partial charge in [0.1, 0.15) is 0 Å². The summed E-state index contributed by atoms with van der Waals surface area (Å²) in [6.45, 7) is 12.4. The van der Waals surface area contributed by atoms with Crippen molar-refractivity contribution in [2.24, 2.45) is 16.7 Å². The highest BCUT2D eigenvalue weighted by Gasteiger charge is 2.37. The van der Waals surface area contributed by atoms with Crippen molar-refractivity contribution in [1.29, 1.82) is 0 Å². The number of benzene rings is 1. The highest BCUT2D eigenvalue weighted by molar-refractivity contribution is 5.98. The van der Waals surface area contributed by atoms with Crippen LogP contribution in [0.5, 0.6) is 0 Å². The predicted molar refractivity (Wildman–Crippen MR) is 135 cm³/mol. The maximum Gasteiger partial charge on any atom is 0.339 e. The van der Waals surface area contributed by atoms with E-state index in [1.54, 1.807) is 55.4 Å². The summed E-state index contributed by atoms with van der Waals surface area (Å²) in [5, 5.41) is 3.05. The number of esters is 4. The van der Waals surface area contributed by atoms with Crippen LogP contribution in [0.25, 0.3) is 0 Å². The van der Waals surface area contributed by atoms with Crippen LogP contribution in [0, 0.1) is 16.7 Å². The monoisotopic (exact) mass is 515 g/mol. The molecule has 0 saturated heterocycles. The van der Waals surface area contributed by atoms with Crippen LogP contribution >= 0.6 is 0 Å². The minimum atomic E-state index is -0.753. The fourth-order valence-corrected chi connectivity index (χ4v) is 3.59. The van der Waals surface area contributed by atoms with Gasteiger partial charge in [0.05, 0.1) is 22.0 Å². The Labute approximate surface area is 218 Å². The van der Waals surface area contributed by atoms with Gasteiger partial charge in [-0.2, -0.15) is 0 Å². The summed E-state index contributed by atoms with van der Waals surface area (Å²) in [5.41, 5.74) is 0.792. The zero-order chi connectivity index (χ0) is 28.0. The molecule has 0 fully saturated rings. The van der Waals surface area contributed by atoms with Crippen LogP contribution in [-0.4, -0.2) is 37.5 Å². The van der Waals surface area contributed by atoms with Crippen LogP contribution in [0.3, 0.4) is 0 Å². The second-order valence-corrected chi connectivity index (χ2v) is 10.9. The van der Waals surface area contributed by atoms with Gasteiger partial charge in [-0.25, -0.2) is 9.59 Å². The highest BCUT2D eigenvalue weighted by atomic mass is 16.7. The number of carbonyl (C=O) groups excluding carboxylic acids is 4. The summed E-state index contributed by atoms with van der Waals surface area (Å²) in [6, 6.07) is 9.35. The van der Waals surface area contributed by atoms with E-state index >= 15 is 0 Å². The lowest BCUT2D eigenvalue weighted by Gasteiger charge is -2.30. The number of ether oxygens (including phenoxy) is 4. The Hall–Kier alpha value is -3.62. The van der Waals surface area contributed by atoms with Crippen molar-refractivity contribution in [3.8, 4) is 0 Å². The van der Waals surface area contributed by atoms with Gasteiger partial charge in [0.15, 0.2) is 0 Å². The van der Waals surface area contributed by atoms with Crippen LogP contribution in [0.2, 0.25) is 0 Å². The number of hydrogen-bond acceptors (Lipinski definition) is 9. The van der Waals surface area contributed by atoms with E-state index in [1.165, 1.54) is 0 Å². The molecular weight excluding hydrogens is 478 g/mol. The van der Waals surface area contributed by atoms with Crippen molar-refractivity contribution in [2.45, 2.75) is 61.8 Å². The molecule has 1 aliphatic heterocycles. The first-order chi connectivity index (χ1) is 17.1. The standard InChI is InChI=1S/C28H37NO8/c1-17-21(23(30)34-15-36-25(32)27(3,4)5)20(14-19-12-10-9-11-13-19)22(18(2)29-17)24(31)35-16-37-26(33)28(6,7)8/h9-13,20,29H,14-16H2,1-8H3. The van der Waals surface area contributed by atoms with Gasteiger partial charge in [-0.1, -0.05) is 30.3 Å². The lowest BCUT2D eigenvalue weighted by Crippen LogP contribution is -2.35. The first kappa shape index (κ1) is 29.6. The third-order valence-corrected chi connectivity index (χ3v) is 5.59. The summed E-state index contributed by atoms with van der Waals surface area (Å²) in [7, 11) is 0. The Kier molecular flexibility index (Phi) is 9.67. The van der Waals surface area contributed by atoms with Gasteiger partial charge in [0.2, 0.25) is 13.6 Å². The quantitative estimate of drug-likeness (QED) is 0.402. The summed E-state index contributed by atoms with van der Waals surface area (Å²) in [6.07, 6.45) is 0.301. The molecule has 202 valence electrons. The topological polar surface area (TPSA) is 117 Å². The molecule has 0 aromatic heterocycles. The van der Waals surface area contributed by atoms with Crippen molar-refractivity contribution in [2.75, 3.05) is 13.6 Å². The summed E-state index contributed by atoms with van der Waals surface area (Å²) < 4.78 is 20.7. The maximum atomic E-state index is 13.2. The number of rotatable bonds is 8. The fraction of sp³-hybridized carbons (Fsp3) is 0.500. The molecule has 0 aliphatic carbocycles. The van der Waals surface area contributed by atoms with Gasteiger partial charge in [-0.3, -0.25) is 9.59 Å². The molecule has 1 aromatic rings. The van der Waals surface area contributed by atoms with Crippen molar-refractivity contribution < 1.29 is 38.1 Å². The average Bonchev–Trinajstić information content (AvgIpc) is 2.78. The average molecular weight is 516 g/mol. The Morgan fingerprint density at radius 3 is 1.49 bits per heavy atom. The number of allylic oxidation sites excluding steroid dienone is 2. The second kappa shape index (κ2) is 12.1. The van der Waals surface area contributed by atoms with Crippen LogP contribution < -0.4 is 5.32 Å². The van der Waals surface area contributed by atoms with Crippen molar-refractivity contribution in [3.05, 3.63) is 58.4 Å². The summed E-state index contributed by atoms with van der Waals surface area (Å²) in [5.74, 6) is -3.22. The molecule has 1 aromatic carbocycles. The molecule has 0 spiro atoms. The van der Waals surface area contributed by atoms with E-state index in [9.17, 15) is 19.2 Å². The molecule has 0 radical (unpaired) electrons. The molecule has 9 nitrogen and oxygen atoms in total. The van der Waals surface area contributed by atoms with Crippen LogP contribution in [0.1, 0.15) is 61.0 Å². The van der Waals surface area contributed by atoms with E-state index < -0.39 is 54.2 Å². The first-order valence-corrected chi connectivity index (χ1v) is 12.0. The van der Waals surface area contributed by atoms with E-state index in [-0.39, 0.29) is 11.1 Å². The summed E-state index contributed by atoms with van der Waals surface area (Å²) in [4.78, 5) is 50.4. The SMILES string of the molecule is CC1=C(C(=O)OCOC(=O)C(C)(C)C)C(Cc2ccccc2)C(C(=O)OCOC(=O)C(C)(C)C)=C(C)N1. The van der Waals surface area contributed by atoms with E-state index in [0.717, 1.165) is 5.56 Å². The zero-order valence-electron chi connectivity index (χ0n) is 22.9. The van der Waals surface area contributed by atoms with Crippen LogP contribution in [0.15, 0.2) is 52.9 Å². The first-order valence-electron chi connectivity index (χ1n) is 12.0. The van der Waals surface area contributed by atoms with Crippen molar-refractivity contribution in [3.63, 3.8) is 0 Å². The van der Waals surface area contributed by atoms with Gasteiger partial charge in [0, 0.05) is 17.3 Å². The highest BCUT2D eigenvalue weighted by Crippen LogP contribution is 2.34. The van der Waals surface area contributed by atoms with E-state index in [2.05, 4.69) is 5.32 Å². The summed E-state index contributed by atoms with van der Waals surface area (Å²) >= 11 is 0. The van der Waals surface area contributed by atoms with Crippen LogP contribution in [0.4, 0.5) is 0 Å². The molecular formula is C28H37NO8. The fourth-order valence-electron chi connectivity index (χ4n) is 3.59. The number of nitrogens with one attached hydrogen (secondary N) is 1. The van der Waals surface area contributed by atoms with Crippen LogP contribution in [-0.2, 0) is 44.5 Å². The number of hydrogen-bond donors (Lipinski definition) is 1. The maximum absolute atomic E-state index is 13.2. The predicted octanol–water partition coefficient (Wildman–Crippen LogP) is 4.18. The zero-order valence-corrected chi connectivity index (χ0v) is 22.9. The molecule has 0 unspecified atom stereocenters. The van der Waals surface area contributed by atoms with E-state index in [4.69, 9.17) is 18.9 Å². The molecule has 1 heterocycles. The minimum Gasteiger partial charge on any atom is -0.427 e. The molecule has 0 bridgehead atoms. The van der Waals surface area contributed by atoms with Gasteiger partial charge < -0.3 is 24.3 Å². The molecule has 9 heteroatoms. The molecule has 0 amide bonds. The molecule has 1 aliphatic rings. The third-order valence-electron chi connectivity index (χ3n) is 5.59. The van der Waals surface area contributed by atoms with Gasteiger partial charge in [-0.15, -0.1) is 0 Å². The minimum absolute atomic E-state index is 0.208. The van der Waals surface area contributed by atoms with E-state index in [0.29, 0.717) is 17.8 Å². The normalized spacial score (nSPS) is 14.6. The Bertz CT molecular complexity index is 1020. The van der Waals surface area contributed by atoms with Crippen molar-refractivity contribution in [1.82, 2.24) is 5.32 Å². The van der Waals surface area contributed by atoms with Crippen molar-refractivity contribution >= 4 is 23.9 Å².